The van der Waals surface area contributed by atoms with Crippen molar-refractivity contribution in [1.29, 1.82) is 5.26 Å². The lowest BCUT2D eigenvalue weighted by molar-refractivity contribution is -0.138. The minimum absolute atomic E-state index is 0.401. The molecular formula is C14H12N2O2S. The fourth-order valence-corrected chi connectivity index (χ4v) is 2.69. The van der Waals surface area contributed by atoms with Gasteiger partial charge in [-0.05, 0) is 19.9 Å². The molecule has 0 amide bonds. The Morgan fingerprint density at radius 2 is 2.11 bits per heavy atom. The summed E-state index contributed by atoms with van der Waals surface area (Å²) in [6.45, 7) is 3.24. The van der Waals surface area contributed by atoms with Gasteiger partial charge in [0.2, 0.25) is 0 Å². The second-order valence-electron chi connectivity index (χ2n) is 4.55. The van der Waals surface area contributed by atoms with Gasteiger partial charge in [-0.3, -0.25) is 9.78 Å². The van der Waals surface area contributed by atoms with Gasteiger partial charge in [0.15, 0.2) is 0 Å². The van der Waals surface area contributed by atoms with Crippen molar-refractivity contribution in [3.8, 4) is 6.07 Å². The van der Waals surface area contributed by atoms with E-state index in [1.54, 1.807) is 13.8 Å². The molecule has 2 aromatic rings. The Morgan fingerprint density at radius 1 is 1.42 bits per heavy atom. The molecule has 0 aliphatic heterocycles. The highest BCUT2D eigenvalue weighted by atomic mass is 32.2. The predicted molar refractivity (Wildman–Crippen MR) is 74.0 cm³/mol. The molecule has 0 atom stereocenters. The van der Waals surface area contributed by atoms with Gasteiger partial charge in [-0.25, -0.2) is 0 Å². The Bertz CT molecular complexity index is 689. The number of rotatable bonds is 3. The predicted octanol–water partition coefficient (Wildman–Crippen LogP) is 3.06. The molecule has 0 aliphatic rings. The molecule has 1 aromatic carbocycles. The molecule has 0 saturated heterocycles. The number of carboxylic acid groups (broad SMARTS) is 1. The van der Waals surface area contributed by atoms with Gasteiger partial charge in [-0.2, -0.15) is 5.26 Å². The smallest absolute Gasteiger partial charge is 0.319 e. The first-order valence-electron chi connectivity index (χ1n) is 5.66. The summed E-state index contributed by atoms with van der Waals surface area (Å²) < 4.78 is -1.00. The Hall–Kier alpha value is -2.06. The van der Waals surface area contributed by atoms with Gasteiger partial charge in [-0.1, -0.05) is 18.2 Å². The van der Waals surface area contributed by atoms with Gasteiger partial charge in [-0.15, -0.1) is 11.8 Å². The number of thioether (sulfide) groups is 1. The van der Waals surface area contributed by atoms with Crippen molar-refractivity contribution in [3.63, 3.8) is 0 Å². The number of para-hydroxylation sites is 1. The molecule has 1 aromatic heterocycles. The SMILES string of the molecule is CC(C)(Sc1c(C#N)cnc2ccccc12)C(=O)O. The number of carbonyl (C=O) groups is 1. The van der Waals surface area contributed by atoms with Crippen LogP contribution in [-0.2, 0) is 4.79 Å². The quantitative estimate of drug-likeness (QED) is 0.869. The summed E-state index contributed by atoms with van der Waals surface area (Å²) >= 11 is 1.17. The zero-order chi connectivity index (χ0) is 14.0. The van der Waals surface area contributed by atoms with Crippen LogP contribution >= 0.6 is 11.8 Å². The second-order valence-corrected chi connectivity index (χ2v) is 6.18. The van der Waals surface area contributed by atoms with Crippen molar-refractivity contribution < 1.29 is 9.90 Å². The first-order chi connectivity index (χ1) is 8.95. The molecule has 96 valence electrons. The van der Waals surface area contributed by atoms with Gasteiger partial charge >= 0.3 is 5.97 Å². The minimum atomic E-state index is -1.00. The summed E-state index contributed by atoms with van der Waals surface area (Å²) in [5, 5.41) is 19.2. The number of aliphatic carboxylic acids is 1. The molecule has 0 aliphatic carbocycles. The first-order valence-corrected chi connectivity index (χ1v) is 6.47. The van der Waals surface area contributed by atoms with Gasteiger partial charge in [0.1, 0.15) is 10.8 Å². The molecule has 19 heavy (non-hydrogen) atoms. The highest BCUT2D eigenvalue weighted by Crippen LogP contribution is 2.38. The van der Waals surface area contributed by atoms with Crippen LogP contribution in [0.5, 0.6) is 0 Å². The van der Waals surface area contributed by atoms with E-state index in [0.717, 1.165) is 10.9 Å². The lowest BCUT2D eigenvalue weighted by Crippen LogP contribution is -2.27. The summed E-state index contributed by atoms with van der Waals surface area (Å²) in [7, 11) is 0. The highest BCUT2D eigenvalue weighted by molar-refractivity contribution is 8.01. The van der Waals surface area contributed by atoms with E-state index >= 15 is 0 Å². The molecule has 1 heterocycles. The van der Waals surface area contributed by atoms with Crippen LogP contribution in [0.1, 0.15) is 19.4 Å². The van der Waals surface area contributed by atoms with Crippen LogP contribution in [0.2, 0.25) is 0 Å². The van der Waals surface area contributed by atoms with Crippen LogP contribution < -0.4 is 0 Å². The molecule has 0 saturated carbocycles. The lowest BCUT2D eigenvalue weighted by atomic mass is 10.2. The Labute approximate surface area is 115 Å². The summed E-state index contributed by atoms with van der Waals surface area (Å²) in [6.07, 6.45) is 1.49. The van der Waals surface area contributed by atoms with Gasteiger partial charge < -0.3 is 5.11 Å². The molecule has 1 N–H and O–H groups in total. The maximum atomic E-state index is 11.2. The van der Waals surface area contributed by atoms with E-state index in [-0.39, 0.29) is 0 Å². The Morgan fingerprint density at radius 3 is 2.74 bits per heavy atom. The number of hydrogen-bond donors (Lipinski definition) is 1. The molecule has 5 heteroatoms. The van der Waals surface area contributed by atoms with E-state index in [0.29, 0.717) is 10.5 Å². The van der Waals surface area contributed by atoms with Crippen LogP contribution in [0, 0.1) is 11.3 Å². The minimum Gasteiger partial charge on any atom is -0.480 e. The first kappa shape index (κ1) is 13.4. The number of pyridine rings is 1. The molecule has 4 nitrogen and oxygen atoms in total. The van der Waals surface area contributed by atoms with E-state index in [1.807, 2.05) is 24.3 Å². The topological polar surface area (TPSA) is 74.0 Å². The average Bonchev–Trinajstić information content (AvgIpc) is 2.38. The van der Waals surface area contributed by atoms with Crippen LogP contribution in [0.4, 0.5) is 0 Å². The number of hydrogen-bond acceptors (Lipinski definition) is 4. The standard InChI is InChI=1S/C14H12N2O2S/c1-14(2,13(17)18)19-12-9(7-15)8-16-11-6-4-3-5-10(11)12/h3-6,8H,1-2H3,(H,17,18). The van der Waals surface area contributed by atoms with Crippen LogP contribution in [0.3, 0.4) is 0 Å². The van der Waals surface area contributed by atoms with Crippen molar-refractivity contribution in [2.24, 2.45) is 0 Å². The third kappa shape index (κ3) is 2.54. The number of aromatic nitrogens is 1. The van der Waals surface area contributed by atoms with Crippen LogP contribution in [0.25, 0.3) is 10.9 Å². The summed E-state index contributed by atoms with van der Waals surface area (Å²) in [5.74, 6) is -0.915. The zero-order valence-corrected chi connectivity index (χ0v) is 11.4. The lowest BCUT2D eigenvalue weighted by Gasteiger charge is -2.20. The van der Waals surface area contributed by atoms with E-state index in [9.17, 15) is 9.90 Å². The number of nitrogens with zero attached hydrogens (tertiary/aromatic N) is 2. The van der Waals surface area contributed by atoms with E-state index < -0.39 is 10.7 Å². The molecule has 0 unspecified atom stereocenters. The molecular weight excluding hydrogens is 260 g/mol. The summed E-state index contributed by atoms with van der Waals surface area (Å²) in [5.41, 5.74) is 1.16. The number of carboxylic acids is 1. The molecule has 0 radical (unpaired) electrons. The Balaban J connectivity index is 2.64. The Kier molecular flexibility index (Phi) is 3.45. The number of fused-ring (bicyclic) bond motifs is 1. The summed E-state index contributed by atoms with van der Waals surface area (Å²) in [4.78, 5) is 16.1. The van der Waals surface area contributed by atoms with Crippen molar-refractivity contribution >= 4 is 28.6 Å². The van der Waals surface area contributed by atoms with Crippen molar-refractivity contribution in [3.05, 3.63) is 36.0 Å². The third-order valence-corrected chi connectivity index (χ3v) is 4.05. The second kappa shape index (κ2) is 4.90. The monoisotopic (exact) mass is 272 g/mol. The van der Waals surface area contributed by atoms with Crippen molar-refractivity contribution in [2.45, 2.75) is 23.5 Å². The molecule has 0 fully saturated rings. The zero-order valence-electron chi connectivity index (χ0n) is 10.5. The average molecular weight is 272 g/mol. The van der Waals surface area contributed by atoms with Crippen LogP contribution in [-0.4, -0.2) is 20.8 Å². The summed E-state index contributed by atoms with van der Waals surface area (Å²) in [6, 6.07) is 9.47. The fourth-order valence-electron chi connectivity index (χ4n) is 1.60. The number of benzene rings is 1. The highest BCUT2D eigenvalue weighted by Gasteiger charge is 2.30. The van der Waals surface area contributed by atoms with Gasteiger partial charge in [0, 0.05) is 16.5 Å². The van der Waals surface area contributed by atoms with Crippen molar-refractivity contribution in [1.82, 2.24) is 4.98 Å². The molecule has 0 bridgehead atoms. The van der Waals surface area contributed by atoms with E-state index in [4.69, 9.17) is 5.26 Å². The van der Waals surface area contributed by atoms with Gasteiger partial charge in [0.25, 0.3) is 0 Å². The fraction of sp³-hybridized carbons (Fsp3) is 0.214. The largest absolute Gasteiger partial charge is 0.480 e. The number of nitriles is 1. The maximum Gasteiger partial charge on any atom is 0.319 e. The molecule has 0 spiro atoms. The normalized spacial score (nSPS) is 11.2. The van der Waals surface area contributed by atoms with Gasteiger partial charge in [0.05, 0.1) is 11.1 Å². The van der Waals surface area contributed by atoms with Crippen molar-refractivity contribution in [2.75, 3.05) is 0 Å². The maximum absolute atomic E-state index is 11.2. The molecule has 2 rings (SSSR count). The van der Waals surface area contributed by atoms with E-state index in [1.165, 1.54) is 18.0 Å². The third-order valence-electron chi connectivity index (χ3n) is 2.72. The van der Waals surface area contributed by atoms with Crippen LogP contribution in [0.15, 0.2) is 35.4 Å². The van der Waals surface area contributed by atoms with E-state index in [2.05, 4.69) is 11.1 Å².